The molecule has 0 bridgehead atoms. The van der Waals surface area contributed by atoms with Gasteiger partial charge in [-0.1, -0.05) is 18.2 Å². The summed E-state index contributed by atoms with van der Waals surface area (Å²) in [6.45, 7) is 7.86. The zero-order chi connectivity index (χ0) is 16.6. The molecule has 4 nitrogen and oxygen atoms in total. The van der Waals surface area contributed by atoms with Crippen molar-refractivity contribution in [3.8, 4) is 5.69 Å². The second kappa shape index (κ2) is 6.01. The maximum atomic E-state index is 12.6. The van der Waals surface area contributed by atoms with E-state index in [9.17, 15) is 4.79 Å². The summed E-state index contributed by atoms with van der Waals surface area (Å²) in [5, 5.41) is 7.58. The van der Waals surface area contributed by atoms with E-state index in [-0.39, 0.29) is 5.91 Å². The minimum absolute atomic E-state index is 0.0781. The molecule has 5 heteroatoms. The Bertz CT molecular complexity index is 862. The highest BCUT2D eigenvalue weighted by molar-refractivity contribution is 7.12. The lowest BCUT2D eigenvalue weighted by Crippen LogP contribution is -2.13. The Morgan fingerprint density at radius 2 is 1.83 bits per heavy atom. The number of hydrogen-bond acceptors (Lipinski definition) is 3. The van der Waals surface area contributed by atoms with Crippen LogP contribution >= 0.6 is 11.3 Å². The highest BCUT2D eigenvalue weighted by Crippen LogP contribution is 2.26. The van der Waals surface area contributed by atoms with Crippen molar-refractivity contribution < 1.29 is 4.79 Å². The van der Waals surface area contributed by atoms with Gasteiger partial charge in [0.2, 0.25) is 0 Å². The van der Waals surface area contributed by atoms with Crippen LogP contribution in [0.4, 0.5) is 5.69 Å². The SMILES string of the molecule is Cc1cc(C(=O)Nc2c(C)nn(-c3ccccc3)c2C)c(C)s1. The number of aryl methyl sites for hydroxylation is 3. The highest BCUT2D eigenvalue weighted by Gasteiger charge is 2.18. The number of aromatic nitrogens is 2. The molecule has 0 radical (unpaired) electrons. The first-order chi connectivity index (χ1) is 11.0. The number of hydrogen-bond donors (Lipinski definition) is 1. The fourth-order valence-electron chi connectivity index (χ4n) is 2.68. The number of anilines is 1. The lowest BCUT2D eigenvalue weighted by Gasteiger charge is -2.07. The second-order valence-corrected chi connectivity index (χ2v) is 7.03. The third-order valence-corrected chi connectivity index (χ3v) is 4.78. The third-order valence-electron chi connectivity index (χ3n) is 3.82. The normalized spacial score (nSPS) is 10.8. The summed E-state index contributed by atoms with van der Waals surface area (Å²) >= 11 is 1.64. The monoisotopic (exact) mass is 325 g/mol. The molecule has 3 rings (SSSR count). The van der Waals surface area contributed by atoms with E-state index < -0.39 is 0 Å². The number of rotatable bonds is 3. The summed E-state index contributed by atoms with van der Waals surface area (Å²) < 4.78 is 1.86. The molecule has 0 aliphatic carbocycles. The van der Waals surface area contributed by atoms with Gasteiger partial charge in [0.25, 0.3) is 5.91 Å². The molecule has 2 heterocycles. The Morgan fingerprint density at radius 1 is 1.13 bits per heavy atom. The van der Waals surface area contributed by atoms with Crippen molar-refractivity contribution in [2.24, 2.45) is 0 Å². The van der Waals surface area contributed by atoms with Gasteiger partial charge < -0.3 is 5.32 Å². The van der Waals surface area contributed by atoms with Crippen LogP contribution < -0.4 is 5.32 Å². The van der Waals surface area contributed by atoms with Crippen LogP contribution in [0.15, 0.2) is 36.4 Å². The molecule has 0 aliphatic rings. The predicted octanol–water partition coefficient (Wildman–Crippen LogP) is 4.42. The fraction of sp³-hybridized carbons (Fsp3) is 0.222. The largest absolute Gasteiger partial charge is 0.319 e. The minimum Gasteiger partial charge on any atom is -0.319 e. The van der Waals surface area contributed by atoms with Gasteiger partial charge in [0.05, 0.1) is 28.3 Å². The average molecular weight is 325 g/mol. The van der Waals surface area contributed by atoms with Crippen LogP contribution in [-0.4, -0.2) is 15.7 Å². The van der Waals surface area contributed by atoms with Gasteiger partial charge in [0, 0.05) is 9.75 Å². The fourth-order valence-corrected chi connectivity index (χ4v) is 3.60. The van der Waals surface area contributed by atoms with Crippen molar-refractivity contribution in [2.45, 2.75) is 27.7 Å². The highest BCUT2D eigenvalue weighted by atomic mass is 32.1. The number of benzene rings is 1. The summed E-state index contributed by atoms with van der Waals surface area (Å²) in [5.41, 5.74) is 4.23. The van der Waals surface area contributed by atoms with Crippen LogP contribution in [0.1, 0.15) is 31.5 Å². The first-order valence-corrected chi connectivity index (χ1v) is 8.29. The summed E-state index contributed by atoms with van der Waals surface area (Å²) in [6.07, 6.45) is 0. The molecule has 1 aromatic carbocycles. The lowest BCUT2D eigenvalue weighted by atomic mass is 10.2. The number of thiophene rings is 1. The van der Waals surface area contributed by atoms with Crippen molar-refractivity contribution in [3.63, 3.8) is 0 Å². The predicted molar refractivity (Wildman–Crippen MR) is 94.8 cm³/mol. The molecule has 0 unspecified atom stereocenters. The minimum atomic E-state index is -0.0781. The Kier molecular flexibility index (Phi) is 4.05. The molecule has 1 amide bonds. The first kappa shape index (κ1) is 15.5. The van der Waals surface area contributed by atoms with Crippen molar-refractivity contribution in [1.82, 2.24) is 9.78 Å². The molecule has 0 saturated heterocycles. The lowest BCUT2D eigenvalue weighted by molar-refractivity contribution is 0.102. The van der Waals surface area contributed by atoms with Gasteiger partial charge in [-0.2, -0.15) is 5.10 Å². The van der Waals surface area contributed by atoms with Crippen LogP contribution in [0.5, 0.6) is 0 Å². The molecule has 23 heavy (non-hydrogen) atoms. The molecular weight excluding hydrogens is 306 g/mol. The molecular formula is C18H19N3OS. The van der Waals surface area contributed by atoms with Gasteiger partial charge >= 0.3 is 0 Å². The molecule has 0 aliphatic heterocycles. The van der Waals surface area contributed by atoms with Gasteiger partial charge in [-0.25, -0.2) is 4.68 Å². The second-order valence-electron chi connectivity index (χ2n) is 5.57. The quantitative estimate of drug-likeness (QED) is 0.775. The summed E-state index contributed by atoms with van der Waals surface area (Å²) in [7, 11) is 0. The number of para-hydroxylation sites is 1. The molecule has 0 saturated carbocycles. The van der Waals surface area contributed by atoms with Crippen molar-refractivity contribution >= 4 is 22.9 Å². The topological polar surface area (TPSA) is 46.9 Å². The van der Waals surface area contributed by atoms with Gasteiger partial charge in [-0.05, 0) is 45.9 Å². The van der Waals surface area contributed by atoms with E-state index in [0.717, 1.165) is 38.1 Å². The van der Waals surface area contributed by atoms with Gasteiger partial charge in [-0.15, -0.1) is 11.3 Å². The first-order valence-electron chi connectivity index (χ1n) is 7.47. The van der Waals surface area contributed by atoms with Crippen LogP contribution in [-0.2, 0) is 0 Å². The summed E-state index contributed by atoms with van der Waals surface area (Å²) in [4.78, 5) is 14.7. The van der Waals surface area contributed by atoms with Crippen LogP contribution in [0, 0.1) is 27.7 Å². The van der Waals surface area contributed by atoms with E-state index in [1.54, 1.807) is 11.3 Å². The van der Waals surface area contributed by atoms with E-state index in [4.69, 9.17) is 0 Å². The molecule has 0 spiro atoms. The van der Waals surface area contributed by atoms with Crippen molar-refractivity contribution in [1.29, 1.82) is 0 Å². The van der Waals surface area contributed by atoms with Crippen LogP contribution in [0.2, 0.25) is 0 Å². The van der Waals surface area contributed by atoms with Crippen molar-refractivity contribution in [3.05, 3.63) is 63.1 Å². The molecule has 1 N–H and O–H groups in total. The standard InChI is InChI=1S/C18H19N3OS/c1-11-10-16(14(4)23-11)18(22)19-17-12(2)20-21(13(17)3)15-8-6-5-7-9-15/h5-10H,1-4H3,(H,19,22). The van der Waals surface area contributed by atoms with Crippen molar-refractivity contribution in [2.75, 3.05) is 5.32 Å². The maximum absolute atomic E-state index is 12.6. The van der Waals surface area contributed by atoms with Crippen LogP contribution in [0.25, 0.3) is 5.69 Å². The van der Waals surface area contributed by atoms with E-state index in [0.29, 0.717) is 0 Å². The van der Waals surface area contributed by atoms with E-state index in [1.165, 1.54) is 0 Å². The number of nitrogens with zero attached hydrogens (tertiary/aromatic N) is 2. The Hall–Kier alpha value is -2.40. The number of amides is 1. The number of nitrogens with one attached hydrogen (secondary N) is 1. The molecule has 118 valence electrons. The zero-order valence-electron chi connectivity index (χ0n) is 13.7. The summed E-state index contributed by atoms with van der Waals surface area (Å²) in [6, 6.07) is 11.8. The molecule has 0 atom stereocenters. The van der Waals surface area contributed by atoms with E-state index >= 15 is 0 Å². The molecule has 2 aromatic heterocycles. The van der Waals surface area contributed by atoms with Gasteiger partial charge in [0.1, 0.15) is 0 Å². The number of carbonyl (C=O) groups is 1. The third kappa shape index (κ3) is 2.92. The van der Waals surface area contributed by atoms with Gasteiger partial charge in [-0.3, -0.25) is 4.79 Å². The number of carbonyl (C=O) groups excluding carboxylic acids is 1. The zero-order valence-corrected chi connectivity index (χ0v) is 14.5. The van der Waals surface area contributed by atoms with Gasteiger partial charge in [0.15, 0.2) is 0 Å². The molecule has 3 aromatic rings. The van der Waals surface area contributed by atoms with E-state index in [1.807, 2.05) is 68.8 Å². The molecule has 0 fully saturated rings. The average Bonchev–Trinajstić information content (AvgIpc) is 3.01. The maximum Gasteiger partial charge on any atom is 0.256 e. The smallest absolute Gasteiger partial charge is 0.256 e. The Balaban J connectivity index is 1.94. The Morgan fingerprint density at radius 3 is 2.43 bits per heavy atom. The Labute approximate surface area is 139 Å². The van der Waals surface area contributed by atoms with Crippen LogP contribution in [0.3, 0.4) is 0 Å². The summed E-state index contributed by atoms with van der Waals surface area (Å²) in [5.74, 6) is -0.0781. The van der Waals surface area contributed by atoms with E-state index in [2.05, 4.69) is 10.4 Å².